The van der Waals surface area contributed by atoms with Crippen LogP contribution in [0.5, 0.6) is 0 Å². The Morgan fingerprint density at radius 1 is 1.29 bits per heavy atom. The summed E-state index contributed by atoms with van der Waals surface area (Å²) < 4.78 is 0. The maximum absolute atomic E-state index is 5.96. The van der Waals surface area contributed by atoms with Gasteiger partial charge >= 0.3 is 0 Å². The minimum Gasteiger partial charge on any atom is -0.347 e. The lowest BCUT2D eigenvalue weighted by Gasteiger charge is -2.26. The highest BCUT2D eigenvalue weighted by Gasteiger charge is 2.31. The van der Waals surface area contributed by atoms with E-state index in [4.69, 9.17) is 11.6 Å². The van der Waals surface area contributed by atoms with Crippen molar-refractivity contribution >= 4 is 36.0 Å². The maximum Gasteiger partial charge on any atom is 0.137 e. The number of nitrogens with zero attached hydrogens (tertiary/aromatic N) is 1. The third-order valence-electron chi connectivity index (χ3n) is 3.92. The van der Waals surface area contributed by atoms with Gasteiger partial charge in [-0.1, -0.05) is 50.5 Å². The third kappa shape index (κ3) is 2.14. The first-order chi connectivity index (χ1) is 8.15. The van der Waals surface area contributed by atoms with Gasteiger partial charge in [0.2, 0.25) is 0 Å². The molecule has 1 radical (unpaired) electrons. The van der Waals surface area contributed by atoms with E-state index in [9.17, 15) is 0 Å². The van der Waals surface area contributed by atoms with E-state index in [0.29, 0.717) is 5.02 Å². The van der Waals surface area contributed by atoms with Gasteiger partial charge in [0.1, 0.15) is 13.7 Å². The van der Waals surface area contributed by atoms with Crippen LogP contribution in [0.25, 0.3) is 11.0 Å². The second kappa shape index (κ2) is 4.82. The number of aromatic nitrogens is 2. The van der Waals surface area contributed by atoms with Crippen molar-refractivity contribution in [1.29, 1.82) is 0 Å². The lowest BCUT2D eigenvalue weighted by atomic mass is 10.3. The normalized spacial score (nSPS) is 12.2. The summed E-state index contributed by atoms with van der Waals surface area (Å²) in [4.78, 5) is 7.77. The molecule has 91 valence electrons. The van der Waals surface area contributed by atoms with Gasteiger partial charge in [0.15, 0.2) is 0 Å². The van der Waals surface area contributed by atoms with E-state index >= 15 is 0 Å². The van der Waals surface area contributed by atoms with Crippen LogP contribution in [0.4, 0.5) is 0 Å². The van der Waals surface area contributed by atoms with Crippen molar-refractivity contribution in [2.45, 2.75) is 38.9 Å². The Labute approximate surface area is 108 Å². The molecule has 2 nitrogen and oxygen atoms in total. The van der Waals surface area contributed by atoms with Gasteiger partial charge in [0, 0.05) is 23.0 Å². The van der Waals surface area contributed by atoms with Crippen molar-refractivity contribution < 1.29 is 0 Å². The average molecular weight is 266 g/mol. The van der Waals surface area contributed by atoms with Gasteiger partial charge in [-0.2, -0.15) is 0 Å². The maximum atomic E-state index is 5.96. The molecule has 0 aliphatic heterocycles. The lowest BCUT2D eigenvalue weighted by Crippen LogP contribution is -2.46. The number of rotatable bonds is 4. The highest BCUT2D eigenvalue weighted by atomic mass is 35.5. The first kappa shape index (κ1) is 12.6. The number of pyridine rings is 1. The molecule has 0 bridgehead atoms. The minimum absolute atomic E-state index is 0.677. The molecule has 0 saturated heterocycles. The fraction of sp³-hybridized carbons (Fsp3) is 0.462. The Balaban J connectivity index is 2.55. The fourth-order valence-corrected chi connectivity index (χ4v) is 5.97. The minimum atomic E-state index is -1.39. The summed E-state index contributed by atoms with van der Waals surface area (Å²) in [5.41, 5.74) is 0.914. The SMILES string of the molecule is CC[Si](CC)(CC)c1[c]c2cc(Cl)cnc2[nH]1. The predicted octanol–water partition coefficient (Wildman–Crippen LogP) is 3.73. The van der Waals surface area contributed by atoms with Gasteiger partial charge in [-0.15, -0.1) is 0 Å². The monoisotopic (exact) mass is 265 g/mol. The number of hydrogen-bond acceptors (Lipinski definition) is 1. The molecule has 0 atom stereocenters. The quantitative estimate of drug-likeness (QED) is 0.839. The number of fused-ring (bicyclic) bond motifs is 1. The summed E-state index contributed by atoms with van der Waals surface area (Å²) >= 11 is 5.96. The van der Waals surface area contributed by atoms with Crippen LogP contribution >= 0.6 is 11.6 Å². The van der Waals surface area contributed by atoms with Crippen molar-refractivity contribution in [3.05, 3.63) is 23.4 Å². The largest absolute Gasteiger partial charge is 0.347 e. The molecular formula is C13H18ClN2Si. The molecule has 2 aromatic heterocycles. The van der Waals surface area contributed by atoms with Gasteiger partial charge in [0.25, 0.3) is 0 Å². The molecule has 2 rings (SSSR count). The standard InChI is InChI=1S/C13H18ClN2Si/c1-4-17(5-2,6-3)12-8-10-7-11(14)9-15-13(10)16-12/h7,9H,4-6H2,1-3H3,(H,15,16). The van der Waals surface area contributed by atoms with Gasteiger partial charge < -0.3 is 4.98 Å². The van der Waals surface area contributed by atoms with E-state index in [1.54, 1.807) is 6.20 Å². The van der Waals surface area contributed by atoms with Crippen LogP contribution in [0.1, 0.15) is 20.8 Å². The Hall–Kier alpha value is -0.803. The van der Waals surface area contributed by atoms with Crippen LogP contribution in [0.2, 0.25) is 23.2 Å². The zero-order valence-corrected chi connectivity index (χ0v) is 12.4. The van der Waals surface area contributed by atoms with E-state index in [0.717, 1.165) is 11.0 Å². The first-order valence-corrected chi connectivity index (χ1v) is 9.22. The summed E-state index contributed by atoms with van der Waals surface area (Å²) in [5, 5.41) is 2.99. The molecule has 0 unspecified atom stereocenters. The van der Waals surface area contributed by atoms with Crippen molar-refractivity contribution in [2.75, 3.05) is 0 Å². The summed E-state index contributed by atoms with van der Waals surface area (Å²) in [7, 11) is -1.39. The Bertz CT molecular complexity index is 509. The second-order valence-electron chi connectivity index (χ2n) is 4.52. The molecular weight excluding hydrogens is 248 g/mol. The lowest BCUT2D eigenvalue weighted by molar-refractivity contribution is 1.18. The van der Waals surface area contributed by atoms with E-state index in [2.05, 4.69) is 36.8 Å². The van der Waals surface area contributed by atoms with Gasteiger partial charge in [0.05, 0.1) is 5.02 Å². The van der Waals surface area contributed by atoms with Crippen molar-refractivity contribution in [3.63, 3.8) is 0 Å². The highest BCUT2D eigenvalue weighted by Crippen LogP contribution is 2.22. The van der Waals surface area contributed by atoms with Crippen molar-refractivity contribution in [1.82, 2.24) is 9.97 Å². The summed E-state index contributed by atoms with van der Waals surface area (Å²) in [6.45, 7) is 6.87. The fourth-order valence-electron chi connectivity index (χ4n) is 2.46. The zero-order valence-electron chi connectivity index (χ0n) is 10.6. The van der Waals surface area contributed by atoms with Gasteiger partial charge in [-0.3, -0.25) is 0 Å². The first-order valence-electron chi connectivity index (χ1n) is 6.22. The number of hydrogen-bond donors (Lipinski definition) is 1. The molecule has 4 heteroatoms. The molecule has 2 aromatic rings. The smallest absolute Gasteiger partial charge is 0.137 e. The van der Waals surface area contributed by atoms with Gasteiger partial charge in [-0.25, -0.2) is 4.98 Å². The topological polar surface area (TPSA) is 28.7 Å². The van der Waals surface area contributed by atoms with E-state index in [-0.39, 0.29) is 0 Å². The molecule has 0 fully saturated rings. The second-order valence-corrected chi connectivity index (χ2v) is 10.1. The molecule has 17 heavy (non-hydrogen) atoms. The Kier molecular flexibility index (Phi) is 3.59. The van der Waals surface area contributed by atoms with E-state index < -0.39 is 8.07 Å². The Morgan fingerprint density at radius 2 is 1.94 bits per heavy atom. The molecule has 0 aromatic carbocycles. The number of aromatic amines is 1. The molecule has 0 spiro atoms. The Morgan fingerprint density at radius 3 is 2.53 bits per heavy atom. The molecule has 0 aliphatic carbocycles. The third-order valence-corrected chi connectivity index (χ3v) is 9.50. The van der Waals surface area contributed by atoms with Crippen molar-refractivity contribution in [2.24, 2.45) is 0 Å². The molecule has 0 aliphatic rings. The van der Waals surface area contributed by atoms with Crippen LogP contribution in [-0.4, -0.2) is 18.0 Å². The average Bonchev–Trinajstić information content (AvgIpc) is 2.75. The van der Waals surface area contributed by atoms with Crippen LogP contribution in [0, 0.1) is 6.07 Å². The predicted molar refractivity (Wildman–Crippen MR) is 76.8 cm³/mol. The summed E-state index contributed by atoms with van der Waals surface area (Å²) in [6.07, 6.45) is 1.69. The van der Waals surface area contributed by atoms with Crippen LogP contribution in [0.3, 0.4) is 0 Å². The van der Waals surface area contributed by atoms with Gasteiger partial charge in [-0.05, 0) is 6.07 Å². The van der Waals surface area contributed by atoms with Crippen LogP contribution in [0.15, 0.2) is 12.3 Å². The molecule has 1 N–H and O–H groups in total. The number of halogens is 1. The zero-order chi connectivity index (χ0) is 12.5. The van der Waals surface area contributed by atoms with E-state index in [1.807, 2.05) is 6.07 Å². The summed E-state index contributed by atoms with van der Waals surface area (Å²) in [5.74, 6) is 0. The number of H-pyrrole nitrogens is 1. The van der Waals surface area contributed by atoms with Crippen LogP contribution in [-0.2, 0) is 0 Å². The summed E-state index contributed by atoms with van der Waals surface area (Å²) in [6, 6.07) is 9.17. The van der Waals surface area contributed by atoms with E-state index in [1.165, 1.54) is 23.4 Å². The number of nitrogens with one attached hydrogen (secondary N) is 1. The van der Waals surface area contributed by atoms with Crippen LogP contribution < -0.4 is 5.32 Å². The highest BCUT2D eigenvalue weighted by molar-refractivity contribution is 6.91. The molecule has 0 saturated carbocycles. The molecule has 2 heterocycles. The molecule has 0 amide bonds. The van der Waals surface area contributed by atoms with Crippen molar-refractivity contribution in [3.8, 4) is 0 Å².